The molecule has 1 saturated heterocycles. The maximum absolute atomic E-state index is 12.4. The van der Waals surface area contributed by atoms with Crippen LogP contribution in [0.3, 0.4) is 0 Å². The van der Waals surface area contributed by atoms with Gasteiger partial charge in [0.2, 0.25) is 5.91 Å². The van der Waals surface area contributed by atoms with Crippen molar-refractivity contribution in [2.24, 2.45) is 5.92 Å². The van der Waals surface area contributed by atoms with Gasteiger partial charge in [-0.1, -0.05) is 0 Å². The second-order valence-corrected chi connectivity index (χ2v) is 8.01. The van der Waals surface area contributed by atoms with Gasteiger partial charge in [-0.15, -0.1) is 11.8 Å². The van der Waals surface area contributed by atoms with Gasteiger partial charge in [0.1, 0.15) is 5.82 Å². The van der Waals surface area contributed by atoms with E-state index >= 15 is 0 Å². The highest BCUT2D eigenvalue weighted by atomic mass is 32.2. The van der Waals surface area contributed by atoms with E-state index in [0.717, 1.165) is 37.4 Å². The fraction of sp³-hybridized carbons (Fsp3) is 0.714. The maximum Gasteiger partial charge on any atom is 0.236 e. The highest BCUT2D eigenvalue weighted by Gasteiger charge is 2.27. The van der Waals surface area contributed by atoms with E-state index in [4.69, 9.17) is 0 Å². The Hall–Kier alpha value is -0.620. The molecule has 1 aromatic rings. The third-order valence-corrected chi connectivity index (χ3v) is 6.79. The summed E-state index contributed by atoms with van der Waals surface area (Å²) in [5.74, 6) is 5.31. The van der Waals surface area contributed by atoms with E-state index in [2.05, 4.69) is 15.7 Å². The summed E-state index contributed by atoms with van der Waals surface area (Å²) in [6.45, 7) is 1.91. The normalized spacial score (nSPS) is 26.1. The second kappa shape index (κ2) is 6.43. The van der Waals surface area contributed by atoms with E-state index in [-0.39, 0.29) is 5.25 Å². The molecule has 0 spiro atoms. The van der Waals surface area contributed by atoms with Crippen molar-refractivity contribution >= 4 is 29.4 Å². The van der Waals surface area contributed by atoms with Crippen molar-refractivity contribution in [3.8, 4) is 0 Å². The largest absolute Gasteiger partial charge is 0.344 e. The van der Waals surface area contributed by atoms with E-state index in [1.165, 1.54) is 11.6 Å². The number of carbonyl (C=O) groups excluding carboxylic acids is 1. The van der Waals surface area contributed by atoms with Crippen molar-refractivity contribution in [3.63, 3.8) is 0 Å². The number of hydrogen-bond donors (Lipinski definition) is 0. The molecular weight excluding hydrogens is 290 g/mol. The molecule has 110 valence electrons. The molecule has 0 aromatic carbocycles. The lowest BCUT2D eigenvalue weighted by Gasteiger charge is -2.30. The van der Waals surface area contributed by atoms with Crippen LogP contribution in [0.4, 0.5) is 0 Å². The Morgan fingerprint density at radius 1 is 1.55 bits per heavy atom. The van der Waals surface area contributed by atoms with Crippen molar-refractivity contribution < 1.29 is 4.79 Å². The topological polar surface area (TPSA) is 38.1 Å². The van der Waals surface area contributed by atoms with Crippen LogP contribution in [0.5, 0.6) is 0 Å². The Balaban J connectivity index is 1.54. The number of nitrogens with zero attached hydrogens (tertiary/aromatic N) is 3. The molecule has 1 amide bonds. The summed E-state index contributed by atoms with van der Waals surface area (Å²) in [7, 11) is 1.96. The van der Waals surface area contributed by atoms with Crippen molar-refractivity contribution in [2.45, 2.75) is 24.6 Å². The number of aromatic nitrogens is 2. The van der Waals surface area contributed by atoms with Crippen LogP contribution in [0, 0.1) is 5.92 Å². The van der Waals surface area contributed by atoms with Crippen LogP contribution >= 0.6 is 23.5 Å². The average Bonchev–Trinajstić information content (AvgIpc) is 2.95. The lowest BCUT2D eigenvalue weighted by molar-refractivity contribution is -0.129. The molecule has 3 rings (SSSR count). The molecule has 20 heavy (non-hydrogen) atoms. The molecule has 4 nitrogen and oxygen atoms in total. The predicted octanol–water partition coefficient (Wildman–Crippen LogP) is 1.75. The number of thioether (sulfide) groups is 2. The number of hydrogen-bond acceptors (Lipinski definition) is 4. The summed E-state index contributed by atoms with van der Waals surface area (Å²) in [5.41, 5.74) is 0. The van der Waals surface area contributed by atoms with Gasteiger partial charge in [-0.25, -0.2) is 4.98 Å². The highest BCUT2D eigenvalue weighted by Crippen LogP contribution is 2.26. The van der Waals surface area contributed by atoms with Gasteiger partial charge in [0.15, 0.2) is 0 Å². The van der Waals surface area contributed by atoms with Gasteiger partial charge in [0.25, 0.3) is 0 Å². The van der Waals surface area contributed by atoms with E-state index in [9.17, 15) is 4.79 Å². The molecule has 2 aliphatic rings. The van der Waals surface area contributed by atoms with Gasteiger partial charge in [-0.3, -0.25) is 4.79 Å². The number of carbonyl (C=O) groups is 1. The third kappa shape index (κ3) is 3.17. The van der Waals surface area contributed by atoms with E-state index in [1.807, 2.05) is 41.7 Å². The summed E-state index contributed by atoms with van der Waals surface area (Å²) < 4.78 is 2.23. The van der Waals surface area contributed by atoms with Crippen molar-refractivity contribution in [1.29, 1.82) is 0 Å². The molecule has 2 atom stereocenters. The summed E-state index contributed by atoms with van der Waals surface area (Å²) in [5, 5.41) is 0.171. The van der Waals surface area contributed by atoms with Gasteiger partial charge in [0, 0.05) is 56.2 Å². The molecule has 0 radical (unpaired) electrons. The van der Waals surface area contributed by atoms with Gasteiger partial charge in [-0.2, -0.15) is 11.8 Å². The van der Waals surface area contributed by atoms with Crippen molar-refractivity contribution in [1.82, 2.24) is 14.5 Å². The maximum atomic E-state index is 12.4. The Kier molecular flexibility index (Phi) is 4.61. The van der Waals surface area contributed by atoms with E-state index in [0.29, 0.717) is 11.8 Å². The van der Waals surface area contributed by atoms with Crippen LogP contribution in [0.2, 0.25) is 0 Å². The lowest BCUT2D eigenvalue weighted by Crippen LogP contribution is -2.41. The molecule has 2 unspecified atom stereocenters. The molecule has 0 bridgehead atoms. The molecule has 0 N–H and O–H groups in total. The minimum Gasteiger partial charge on any atom is -0.344 e. The second-order valence-electron chi connectivity index (χ2n) is 5.55. The van der Waals surface area contributed by atoms with Crippen molar-refractivity contribution in [3.05, 3.63) is 18.2 Å². The molecule has 2 aliphatic heterocycles. The molecular formula is C14H21N3OS2. The highest BCUT2D eigenvalue weighted by molar-refractivity contribution is 8.07. The predicted molar refractivity (Wildman–Crippen MR) is 85.2 cm³/mol. The van der Waals surface area contributed by atoms with E-state index < -0.39 is 0 Å². The smallest absolute Gasteiger partial charge is 0.236 e. The average molecular weight is 311 g/mol. The first-order chi connectivity index (χ1) is 9.74. The first-order valence-electron chi connectivity index (χ1n) is 7.18. The standard InChI is InChI=1S/C14H21N3OS2/c1-16(14(18)12-10-19-6-7-20-12)9-11-2-4-17-5-3-15-13(17)8-11/h3,5,11-12H,2,4,6-10H2,1H3. The number of amides is 1. The third-order valence-electron chi connectivity index (χ3n) is 4.05. The first kappa shape index (κ1) is 14.3. The molecule has 1 fully saturated rings. The van der Waals surface area contributed by atoms with Crippen LogP contribution in [-0.2, 0) is 17.8 Å². The van der Waals surface area contributed by atoms with Crippen LogP contribution in [0.25, 0.3) is 0 Å². The fourth-order valence-electron chi connectivity index (χ4n) is 2.92. The summed E-state index contributed by atoms with van der Waals surface area (Å²) >= 11 is 3.73. The Bertz CT molecular complexity index is 471. The van der Waals surface area contributed by atoms with Gasteiger partial charge < -0.3 is 9.47 Å². The number of aryl methyl sites for hydroxylation is 1. The zero-order valence-electron chi connectivity index (χ0n) is 11.8. The molecule has 6 heteroatoms. The number of imidazole rings is 1. The Morgan fingerprint density at radius 3 is 3.25 bits per heavy atom. The van der Waals surface area contributed by atoms with Crippen LogP contribution in [-0.4, -0.2) is 56.5 Å². The summed E-state index contributed by atoms with van der Waals surface area (Å²) in [4.78, 5) is 18.8. The molecule has 0 aliphatic carbocycles. The van der Waals surface area contributed by atoms with Crippen LogP contribution in [0.15, 0.2) is 12.4 Å². The number of rotatable bonds is 3. The minimum absolute atomic E-state index is 0.171. The summed E-state index contributed by atoms with van der Waals surface area (Å²) in [6, 6.07) is 0. The SMILES string of the molecule is CN(CC1CCn2ccnc2C1)C(=O)C1CSCCS1. The van der Waals surface area contributed by atoms with Crippen LogP contribution in [0.1, 0.15) is 12.2 Å². The monoisotopic (exact) mass is 311 g/mol. The number of fused-ring (bicyclic) bond motifs is 1. The molecule has 3 heterocycles. The quantitative estimate of drug-likeness (QED) is 0.852. The molecule has 1 aromatic heterocycles. The van der Waals surface area contributed by atoms with Crippen molar-refractivity contribution in [2.75, 3.05) is 30.9 Å². The zero-order chi connectivity index (χ0) is 13.9. The van der Waals surface area contributed by atoms with Gasteiger partial charge >= 0.3 is 0 Å². The minimum atomic E-state index is 0.171. The Morgan fingerprint density at radius 2 is 2.45 bits per heavy atom. The van der Waals surface area contributed by atoms with Gasteiger partial charge in [0.05, 0.1) is 5.25 Å². The fourth-order valence-corrected chi connectivity index (χ4v) is 5.59. The van der Waals surface area contributed by atoms with Gasteiger partial charge in [-0.05, 0) is 12.3 Å². The van der Waals surface area contributed by atoms with E-state index in [1.54, 1.807) is 0 Å². The zero-order valence-corrected chi connectivity index (χ0v) is 13.5. The van der Waals surface area contributed by atoms with Crippen LogP contribution < -0.4 is 0 Å². The Labute approximate surface area is 128 Å². The first-order valence-corrected chi connectivity index (χ1v) is 9.38. The summed E-state index contributed by atoms with van der Waals surface area (Å²) in [6.07, 6.45) is 6.07. The lowest BCUT2D eigenvalue weighted by atomic mass is 9.97. The molecule has 0 saturated carbocycles.